The number of pyridine rings is 1. The molecule has 5 nitrogen and oxygen atoms in total. The first-order valence-corrected chi connectivity index (χ1v) is 7.93. The third-order valence-electron chi connectivity index (χ3n) is 3.32. The summed E-state index contributed by atoms with van der Waals surface area (Å²) in [6.45, 7) is 4.54. The first kappa shape index (κ1) is 20.9. The van der Waals surface area contributed by atoms with Crippen LogP contribution in [0, 0.1) is 0 Å². The van der Waals surface area contributed by atoms with Crippen molar-refractivity contribution < 1.29 is 0 Å². The van der Waals surface area contributed by atoms with Crippen LogP contribution < -0.4 is 16.6 Å². The van der Waals surface area contributed by atoms with E-state index in [0.29, 0.717) is 5.96 Å². The predicted octanol–water partition coefficient (Wildman–Crippen LogP) is 2.73. The molecular weight excluding hydrogens is 391 g/mol. The van der Waals surface area contributed by atoms with Crippen molar-refractivity contribution in [3.05, 3.63) is 34.7 Å². The van der Waals surface area contributed by atoms with Gasteiger partial charge in [0.1, 0.15) is 0 Å². The molecule has 0 aliphatic rings. The van der Waals surface area contributed by atoms with Crippen LogP contribution in [0.3, 0.4) is 0 Å². The lowest BCUT2D eigenvalue weighted by molar-refractivity contribution is 0.587. The molecule has 0 saturated heterocycles. The van der Waals surface area contributed by atoms with Crippen molar-refractivity contribution in [2.75, 3.05) is 13.1 Å². The standard InChI is InChI=1S/C16H28N4O.HI/c1-2-3-4-6-11-18-16(17)19-12-7-9-14-20-13-8-5-10-15(20)21;/h5,8,10,13H,2-4,6-7,9,11-12,14H2,1H3,(H3,17,18,19);1H. The van der Waals surface area contributed by atoms with Gasteiger partial charge in [-0.3, -0.25) is 9.79 Å². The Labute approximate surface area is 150 Å². The lowest BCUT2D eigenvalue weighted by Gasteiger charge is -2.07. The number of aromatic nitrogens is 1. The zero-order valence-corrected chi connectivity index (χ0v) is 15.8. The molecule has 0 fully saturated rings. The quantitative estimate of drug-likeness (QED) is 0.265. The van der Waals surface area contributed by atoms with E-state index in [9.17, 15) is 4.79 Å². The first-order valence-electron chi connectivity index (χ1n) is 7.93. The van der Waals surface area contributed by atoms with Crippen LogP contribution in [-0.2, 0) is 6.54 Å². The lowest BCUT2D eigenvalue weighted by Crippen LogP contribution is -2.32. The van der Waals surface area contributed by atoms with Gasteiger partial charge in [-0.2, -0.15) is 0 Å². The number of rotatable bonds is 10. The molecule has 3 N–H and O–H groups in total. The predicted molar refractivity (Wildman–Crippen MR) is 104 cm³/mol. The Bertz CT molecular complexity index is 473. The second kappa shape index (κ2) is 13.6. The van der Waals surface area contributed by atoms with Crippen molar-refractivity contribution in [3.63, 3.8) is 0 Å². The maximum Gasteiger partial charge on any atom is 0.250 e. The summed E-state index contributed by atoms with van der Waals surface area (Å²) in [7, 11) is 0. The molecule has 0 spiro atoms. The Kier molecular flexibility index (Phi) is 13.0. The van der Waals surface area contributed by atoms with Gasteiger partial charge in [0.25, 0.3) is 0 Å². The minimum atomic E-state index is 0. The zero-order valence-electron chi connectivity index (χ0n) is 13.5. The molecule has 126 valence electrons. The Balaban J connectivity index is 0.00000441. The number of aliphatic imine (C=N–C) groups is 1. The number of hydrogen-bond donors (Lipinski definition) is 2. The van der Waals surface area contributed by atoms with Crippen molar-refractivity contribution in [2.45, 2.75) is 52.0 Å². The summed E-state index contributed by atoms with van der Waals surface area (Å²) < 4.78 is 1.73. The van der Waals surface area contributed by atoms with Crippen LogP contribution >= 0.6 is 24.0 Å². The molecule has 0 aliphatic heterocycles. The third-order valence-corrected chi connectivity index (χ3v) is 3.32. The summed E-state index contributed by atoms with van der Waals surface area (Å²) in [5, 5.41) is 3.11. The number of nitrogens with one attached hydrogen (secondary N) is 1. The summed E-state index contributed by atoms with van der Waals surface area (Å²) in [5.41, 5.74) is 5.84. The van der Waals surface area contributed by atoms with Crippen LogP contribution in [0.15, 0.2) is 34.2 Å². The van der Waals surface area contributed by atoms with E-state index < -0.39 is 0 Å². The average Bonchev–Trinajstić information content (AvgIpc) is 2.48. The van der Waals surface area contributed by atoms with Crippen molar-refractivity contribution in [1.82, 2.24) is 9.88 Å². The molecule has 0 bridgehead atoms. The molecule has 6 heteroatoms. The lowest BCUT2D eigenvalue weighted by atomic mass is 10.2. The van der Waals surface area contributed by atoms with Crippen molar-refractivity contribution in [1.29, 1.82) is 0 Å². The third kappa shape index (κ3) is 9.81. The Morgan fingerprint density at radius 2 is 2.05 bits per heavy atom. The largest absolute Gasteiger partial charge is 0.370 e. The summed E-state index contributed by atoms with van der Waals surface area (Å²) in [4.78, 5) is 15.8. The van der Waals surface area contributed by atoms with Gasteiger partial charge in [-0.05, 0) is 25.3 Å². The molecular formula is C16H29IN4O. The number of guanidine groups is 1. The van der Waals surface area contributed by atoms with Gasteiger partial charge in [-0.15, -0.1) is 24.0 Å². The monoisotopic (exact) mass is 420 g/mol. The van der Waals surface area contributed by atoms with E-state index in [1.165, 1.54) is 19.3 Å². The molecule has 0 atom stereocenters. The SMILES string of the molecule is CCCCCCN=C(N)NCCCCn1ccccc1=O.I. The van der Waals surface area contributed by atoms with Gasteiger partial charge in [0.15, 0.2) is 5.96 Å². The van der Waals surface area contributed by atoms with E-state index in [0.717, 1.165) is 38.9 Å². The fraction of sp³-hybridized carbons (Fsp3) is 0.625. The highest BCUT2D eigenvalue weighted by molar-refractivity contribution is 14.0. The van der Waals surface area contributed by atoms with E-state index in [1.54, 1.807) is 16.7 Å². The van der Waals surface area contributed by atoms with E-state index >= 15 is 0 Å². The van der Waals surface area contributed by atoms with Crippen LogP contribution in [-0.4, -0.2) is 23.6 Å². The van der Waals surface area contributed by atoms with Gasteiger partial charge in [0.2, 0.25) is 5.56 Å². The molecule has 22 heavy (non-hydrogen) atoms. The maximum atomic E-state index is 11.5. The summed E-state index contributed by atoms with van der Waals surface area (Å²) in [6.07, 6.45) is 8.56. The van der Waals surface area contributed by atoms with Crippen molar-refractivity contribution >= 4 is 29.9 Å². The minimum absolute atomic E-state index is 0. The second-order valence-corrected chi connectivity index (χ2v) is 5.19. The van der Waals surface area contributed by atoms with E-state index in [2.05, 4.69) is 17.2 Å². The van der Waals surface area contributed by atoms with Gasteiger partial charge in [0.05, 0.1) is 0 Å². The Morgan fingerprint density at radius 1 is 1.23 bits per heavy atom. The molecule has 1 rings (SSSR count). The number of halogens is 1. The van der Waals surface area contributed by atoms with Crippen molar-refractivity contribution in [2.24, 2.45) is 10.7 Å². The van der Waals surface area contributed by atoms with Crippen LogP contribution in [0.5, 0.6) is 0 Å². The molecule has 0 aromatic carbocycles. The Morgan fingerprint density at radius 3 is 2.77 bits per heavy atom. The summed E-state index contributed by atoms with van der Waals surface area (Å²) in [5.74, 6) is 0.531. The molecule has 0 radical (unpaired) electrons. The molecule has 0 unspecified atom stereocenters. The summed E-state index contributed by atoms with van der Waals surface area (Å²) in [6, 6.07) is 5.22. The average molecular weight is 420 g/mol. The molecule has 1 aromatic rings. The second-order valence-electron chi connectivity index (χ2n) is 5.19. The minimum Gasteiger partial charge on any atom is -0.370 e. The smallest absolute Gasteiger partial charge is 0.250 e. The molecule has 0 aliphatic carbocycles. The van der Waals surface area contributed by atoms with Gasteiger partial charge in [-0.25, -0.2) is 0 Å². The van der Waals surface area contributed by atoms with Crippen LogP contribution in [0.2, 0.25) is 0 Å². The fourth-order valence-corrected chi connectivity index (χ4v) is 2.06. The van der Waals surface area contributed by atoms with Crippen LogP contribution in [0.1, 0.15) is 45.4 Å². The van der Waals surface area contributed by atoms with Crippen LogP contribution in [0.4, 0.5) is 0 Å². The number of unbranched alkanes of at least 4 members (excludes halogenated alkanes) is 4. The maximum absolute atomic E-state index is 11.5. The Hall–Kier alpha value is -1.05. The number of hydrogen-bond acceptors (Lipinski definition) is 2. The van der Waals surface area contributed by atoms with E-state index in [-0.39, 0.29) is 29.5 Å². The van der Waals surface area contributed by atoms with Crippen molar-refractivity contribution in [3.8, 4) is 0 Å². The van der Waals surface area contributed by atoms with Gasteiger partial charge in [-0.1, -0.05) is 32.3 Å². The topological polar surface area (TPSA) is 72.4 Å². The molecule has 0 amide bonds. The number of nitrogens with two attached hydrogens (primary N) is 1. The zero-order chi connectivity index (χ0) is 15.3. The van der Waals surface area contributed by atoms with Crippen LogP contribution in [0.25, 0.3) is 0 Å². The highest BCUT2D eigenvalue weighted by Crippen LogP contribution is 1.98. The van der Waals surface area contributed by atoms with Gasteiger partial charge < -0.3 is 15.6 Å². The van der Waals surface area contributed by atoms with Gasteiger partial charge in [0, 0.05) is 31.9 Å². The normalized spacial score (nSPS) is 11.0. The summed E-state index contributed by atoms with van der Waals surface area (Å²) >= 11 is 0. The molecule has 1 heterocycles. The highest BCUT2D eigenvalue weighted by atomic mass is 127. The molecule has 0 saturated carbocycles. The fourth-order valence-electron chi connectivity index (χ4n) is 2.06. The first-order chi connectivity index (χ1) is 10.2. The van der Waals surface area contributed by atoms with Gasteiger partial charge >= 0.3 is 0 Å². The number of nitrogens with zero attached hydrogens (tertiary/aromatic N) is 2. The number of aryl methyl sites for hydroxylation is 1. The highest BCUT2D eigenvalue weighted by Gasteiger charge is 1.95. The molecule has 1 aromatic heterocycles. The van der Waals surface area contributed by atoms with E-state index in [1.807, 2.05) is 12.3 Å². The van der Waals surface area contributed by atoms with E-state index in [4.69, 9.17) is 5.73 Å².